The Morgan fingerprint density at radius 2 is 2.07 bits per heavy atom. The van der Waals surface area contributed by atoms with Gasteiger partial charge in [0.2, 0.25) is 0 Å². The molecule has 8 nitrogen and oxygen atoms in total. The van der Waals surface area contributed by atoms with Crippen LogP contribution in [0.4, 0.5) is 4.79 Å². The minimum absolute atomic E-state index is 0.0358. The van der Waals surface area contributed by atoms with Gasteiger partial charge in [-0.15, -0.1) is 0 Å². The normalized spacial score (nSPS) is 20.7. The first-order chi connectivity index (χ1) is 12.5. The van der Waals surface area contributed by atoms with Crippen LogP contribution in [0.15, 0.2) is 0 Å². The van der Waals surface area contributed by atoms with Gasteiger partial charge < -0.3 is 24.8 Å². The number of likely N-dealkylation sites (tertiary alicyclic amines) is 1. The lowest BCUT2D eigenvalue weighted by molar-refractivity contribution is 0.00998. The maximum absolute atomic E-state index is 12.6. The summed E-state index contributed by atoms with van der Waals surface area (Å²) in [4.78, 5) is 35.7. The van der Waals surface area contributed by atoms with E-state index < -0.39 is 5.60 Å². The summed E-state index contributed by atoms with van der Waals surface area (Å²) < 4.78 is 5.47. The number of ether oxygens (including phenoxy) is 1. The molecule has 9 heteroatoms. The van der Waals surface area contributed by atoms with Gasteiger partial charge in [-0.1, -0.05) is 18.5 Å². The second kappa shape index (κ2) is 8.48. The van der Waals surface area contributed by atoms with Gasteiger partial charge in [-0.25, -0.2) is 9.78 Å². The maximum atomic E-state index is 12.6. The summed E-state index contributed by atoms with van der Waals surface area (Å²) in [6.07, 6.45) is 0.973. The van der Waals surface area contributed by atoms with Crippen molar-refractivity contribution in [2.45, 2.75) is 58.2 Å². The number of halogens is 1. The zero-order valence-electron chi connectivity index (χ0n) is 16.9. The molecular weight excluding hydrogens is 370 g/mol. The molecule has 1 aromatic heterocycles. The number of hydrogen-bond acceptors (Lipinski definition) is 5. The molecule has 0 saturated carbocycles. The second-order valence-electron chi connectivity index (χ2n) is 8.03. The molecule has 1 aromatic rings. The van der Waals surface area contributed by atoms with Gasteiger partial charge in [0.25, 0.3) is 5.91 Å². The largest absolute Gasteiger partial charge is 0.444 e. The molecule has 152 valence electrons. The lowest BCUT2D eigenvalue weighted by Crippen LogP contribution is -2.60. The molecule has 0 aliphatic carbocycles. The van der Waals surface area contributed by atoms with Crippen molar-refractivity contribution in [2.24, 2.45) is 0 Å². The van der Waals surface area contributed by atoms with Crippen LogP contribution in [0, 0.1) is 0 Å². The Labute approximate surface area is 165 Å². The Balaban J connectivity index is 2.05. The number of nitrogens with zero attached hydrogens (tertiary/aromatic N) is 3. The number of aromatic nitrogens is 2. The standard InChI is InChI=1S/C18H30ClN5O3/c1-7-11-14(19)22-15(20-11)16(25)21-12-8-9-24(10-13(12)23(5)6)17(26)27-18(2,3)4/h12-13H,7-10H2,1-6H3,(H,20,22)(H,21,25)/t12-,13+/m0/s1. The molecule has 2 atom stereocenters. The molecule has 0 spiro atoms. The minimum Gasteiger partial charge on any atom is -0.444 e. The first-order valence-electron chi connectivity index (χ1n) is 9.21. The highest BCUT2D eigenvalue weighted by Gasteiger charge is 2.35. The summed E-state index contributed by atoms with van der Waals surface area (Å²) in [6.45, 7) is 8.48. The monoisotopic (exact) mass is 399 g/mol. The molecule has 0 radical (unpaired) electrons. The number of H-pyrrole nitrogens is 1. The van der Waals surface area contributed by atoms with E-state index in [9.17, 15) is 9.59 Å². The quantitative estimate of drug-likeness (QED) is 0.810. The van der Waals surface area contributed by atoms with Crippen LogP contribution in [0.3, 0.4) is 0 Å². The lowest BCUT2D eigenvalue weighted by Gasteiger charge is -2.42. The third-order valence-electron chi connectivity index (χ3n) is 4.51. The summed E-state index contributed by atoms with van der Waals surface area (Å²) in [6, 6.07) is -0.147. The summed E-state index contributed by atoms with van der Waals surface area (Å²) in [5.41, 5.74) is 0.205. The SMILES string of the molecule is CCc1[nH]c(C(=O)N[C@H]2CCN(C(=O)OC(C)(C)C)C[C@H]2N(C)C)nc1Cl. The van der Waals surface area contributed by atoms with Gasteiger partial charge in [0, 0.05) is 25.2 Å². The van der Waals surface area contributed by atoms with Crippen LogP contribution in [-0.2, 0) is 11.2 Å². The number of amides is 2. The van der Waals surface area contributed by atoms with Crippen molar-refractivity contribution in [2.75, 3.05) is 27.2 Å². The smallest absolute Gasteiger partial charge is 0.410 e. The first kappa shape index (κ1) is 21.5. The molecule has 2 rings (SSSR count). The summed E-state index contributed by atoms with van der Waals surface area (Å²) in [5, 5.41) is 3.35. The number of carbonyl (C=O) groups excluding carboxylic acids is 2. The van der Waals surface area contributed by atoms with Crippen LogP contribution >= 0.6 is 11.6 Å². The number of aryl methyl sites for hydroxylation is 1. The molecule has 1 saturated heterocycles. The Morgan fingerprint density at radius 3 is 2.59 bits per heavy atom. The summed E-state index contributed by atoms with van der Waals surface area (Å²) in [7, 11) is 3.86. The van der Waals surface area contributed by atoms with Crippen molar-refractivity contribution in [3.8, 4) is 0 Å². The van der Waals surface area contributed by atoms with Crippen LogP contribution in [0.25, 0.3) is 0 Å². The third-order valence-corrected chi connectivity index (χ3v) is 4.82. The van der Waals surface area contributed by atoms with E-state index >= 15 is 0 Å². The van der Waals surface area contributed by atoms with Crippen molar-refractivity contribution >= 4 is 23.6 Å². The topological polar surface area (TPSA) is 90.6 Å². The van der Waals surface area contributed by atoms with Gasteiger partial charge in [0.1, 0.15) is 5.60 Å². The van der Waals surface area contributed by atoms with E-state index in [0.717, 1.165) is 5.69 Å². The van der Waals surface area contributed by atoms with E-state index in [0.29, 0.717) is 31.1 Å². The Hall–Kier alpha value is -1.80. The number of carbonyl (C=O) groups is 2. The van der Waals surface area contributed by atoms with Crippen LogP contribution in [0.1, 0.15) is 50.4 Å². The van der Waals surface area contributed by atoms with Gasteiger partial charge in [0.15, 0.2) is 11.0 Å². The lowest BCUT2D eigenvalue weighted by atomic mass is 9.98. The number of aromatic amines is 1. The van der Waals surface area contributed by atoms with Crippen LogP contribution in [0.2, 0.25) is 5.15 Å². The minimum atomic E-state index is -0.536. The van der Waals surface area contributed by atoms with Crippen molar-refractivity contribution in [1.29, 1.82) is 0 Å². The zero-order chi connectivity index (χ0) is 20.4. The number of imidazole rings is 1. The average Bonchev–Trinajstić information content (AvgIpc) is 2.94. The highest BCUT2D eigenvalue weighted by molar-refractivity contribution is 6.30. The van der Waals surface area contributed by atoms with Gasteiger partial charge in [-0.3, -0.25) is 4.79 Å². The molecule has 2 heterocycles. The fraction of sp³-hybridized carbons (Fsp3) is 0.722. The Bertz CT molecular complexity index is 683. The van der Waals surface area contributed by atoms with Crippen LogP contribution in [0.5, 0.6) is 0 Å². The predicted octanol–water partition coefficient (Wildman–Crippen LogP) is 2.29. The highest BCUT2D eigenvalue weighted by atomic mass is 35.5. The van der Waals surface area contributed by atoms with Gasteiger partial charge in [-0.2, -0.15) is 0 Å². The molecule has 1 fully saturated rings. The molecular formula is C18H30ClN5O3. The maximum Gasteiger partial charge on any atom is 0.410 e. The van der Waals surface area contributed by atoms with Gasteiger partial charge in [0.05, 0.1) is 5.69 Å². The Kier molecular flexibility index (Phi) is 6.75. The van der Waals surface area contributed by atoms with Crippen molar-refractivity contribution < 1.29 is 14.3 Å². The van der Waals surface area contributed by atoms with E-state index in [4.69, 9.17) is 16.3 Å². The summed E-state index contributed by atoms with van der Waals surface area (Å²) in [5.74, 6) is -0.0805. The number of nitrogens with one attached hydrogen (secondary N) is 2. The molecule has 0 aromatic carbocycles. The summed E-state index contributed by atoms with van der Waals surface area (Å²) >= 11 is 6.03. The molecule has 0 bridgehead atoms. The number of rotatable bonds is 4. The molecule has 1 aliphatic heterocycles. The molecule has 27 heavy (non-hydrogen) atoms. The van der Waals surface area contributed by atoms with Crippen molar-refractivity contribution in [3.05, 3.63) is 16.7 Å². The van der Waals surface area contributed by atoms with E-state index in [-0.39, 0.29) is 29.9 Å². The van der Waals surface area contributed by atoms with E-state index in [1.165, 1.54) is 0 Å². The molecule has 2 amide bonds. The molecule has 1 aliphatic rings. The van der Waals surface area contributed by atoms with Crippen molar-refractivity contribution in [3.63, 3.8) is 0 Å². The predicted molar refractivity (Wildman–Crippen MR) is 104 cm³/mol. The van der Waals surface area contributed by atoms with E-state index in [1.807, 2.05) is 46.7 Å². The zero-order valence-corrected chi connectivity index (χ0v) is 17.7. The Morgan fingerprint density at radius 1 is 1.41 bits per heavy atom. The average molecular weight is 400 g/mol. The molecule has 0 unspecified atom stereocenters. The van der Waals surface area contributed by atoms with Crippen molar-refractivity contribution in [1.82, 2.24) is 25.1 Å². The van der Waals surface area contributed by atoms with Gasteiger partial charge in [-0.05, 0) is 47.7 Å². The molecule has 2 N–H and O–H groups in total. The van der Waals surface area contributed by atoms with Crippen LogP contribution in [-0.4, -0.2) is 76.6 Å². The fourth-order valence-electron chi connectivity index (χ4n) is 3.08. The first-order valence-corrected chi connectivity index (χ1v) is 9.59. The van der Waals surface area contributed by atoms with Crippen LogP contribution < -0.4 is 5.32 Å². The van der Waals surface area contributed by atoms with E-state index in [2.05, 4.69) is 15.3 Å². The highest BCUT2D eigenvalue weighted by Crippen LogP contribution is 2.19. The van der Waals surface area contributed by atoms with Gasteiger partial charge >= 0.3 is 6.09 Å². The van der Waals surface area contributed by atoms with E-state index in [1.54, 1.807) is 4.90 Å². The second-order valence-corrected chi connectivity index (χ2v) is 8.39. The fourth-order valence-corrected chi connectivity index (χ4v) is 3.35. The number of hydrogen-bond donors (Lipinski definition) is 2. The number of likely N-dealkylation sites (N-methyl/N-ethyl adjacent to an activating group) is 1. The third kappa shape index (κ3) is 5.59. The number of piperidine rings is 1.